The van der Waals surface area contributed by atoms with Gasteiger partial charge in [0.2, 0.25) is 0 Å². The van der Waals surface area contributed by atoms with Crippen LogP contribution in [0.1, 0.15) is 32.4 Å². The summed E-state index contributed by atoms with van der Waals surface area (Å²) >= 11 is 0. The predicted molar refractivity (Wildman–Crippen MR) is 80.3 cm³/mol. The lowest BCUT2D eigenvalue weighted by Gasteiger charge is -2.32. The van der Waals surface area contributed by atoms with Crippen molar-refractivity contribution in [3.8, 4) is 0 Å². The largest absolute Gasteiger partial charge is 0.303 e. The Morgan fingerprint density at radius 1 is 1.11 bits per heavy atom. The number of nitrogens with zero attached hydrogens (tertiary/aromatic N) is 3. The summed E-state index contributed by atoms with van der Waals surface area (Å²) in [4.78, 5) is 9.62. The molecule has 3 nitrogen and oxygen atoms in total. The van der Waals surface area contributed by atoms with E-state index in [4.69, 9.17) is 0 Å². The first-order chi connectivity index (χ1) is 9.25. The Bertz CT molecular complexity index is 340. The number of hydrogen-bond acceptors (Lipinski definition) is 3. The Hall–Kier alpha value is -0.930. The minimum absolute atomic E-state index is 0.695. The third-order valence-corrected chi connectivity index (χ3v) is 3.98. The van der Waals surface area contributed by atoms with Crippen LogP contribution in [0.5, 0.6) is 0 Å². The summed E-state index contributed by atoms with van der Waals surface area (Å²) in [5.74, 6) is 0. The zero-order valence-corrected chi connectivity index (χ0v) is 12.4. The summed E-state index contributed by atoms with van der Waals surface area (Å²) in [6, 6.07) is 6.89. The highest BCUT2D eigenvalue weighted by Gasteiger charge is 2.14. The van der Waals surface area contributed by atoms with E-state index in [9.17, 15) is 0 Å². The van der Waals surface area contributed by atoms with Crippen molar-refractivity contribution >= 4 is 0 Å². The first kappa shape index (κ1) is 14.5. The molecule has 0 aliphatic carbocycles. The normalized spacial score (nSPS) is 19.3. The highest BCUT2D eigenvalue weighted by Crippen LogP contribution is 2.08. The molecule has 106 valence electrons. The molecular formula is C16H27N3. The van der Waals surface area contributed by atoms with E-state index in [-0.39, 0.29) is 0 Å². The summed E-state index contributed by atoms with van der Waals surface area (Å²) in [5, 5.41) is 0. The van der Waals surface area contributed by atoms with Crippen molar-refractivity contribution in [2.24, 2.45) is 0 Å². The predicted octanol–water partition coefficient (Wildman–Crippen LogP) is 2.43. The van der Waals surface area contributed by atoms with Gasteiger partial charge in [-0.25, -0.2) is 0 Å². The van der Waals surface area contributed by atoms with Crippen LogP contribution in [0.25, 0.3) is 0 Å². The van der Waals surface area contributed by atoms with Gasteiger partial charge in [0, 0.05) is 30.9 Å². The Kier molecular flexibility index (Phi) is 5.80. The third-order valence-electron chi connectivity index (χ3n) is 3.98. The lowest BCUT2D eigenvalue weighted by Crippen LogP contribution is -2.40. The average molecular weight is 261 g/mol. The second-order valence-corrected chi connectivity index (χ2v) is 5.75. The van der Waals surface area contributed by atoms with Crippen molar-refractivity contribution in [2.75, 3.05) is 32.7 Å². The lowest BCUT2D eigenvalue weighted by molar-refractivity contribution is 0.157. The van der Waals surface area contributed by atoms with E-state index >= 15 is 0 Å². The van der Waals surface area contributed by atoms with Gasteiger partial charge in [0.05, 0.1) is 0 Å². The molecule has 1 aromatic heterocycles. The molecule has 19 heavy (non-hydrogen) atoms. The van der Waals surface area contributed by atoms with Crippen LogP contribution in [0.4, 0.5) is 0 Å². The first-order valence-electron chi connectivity index (χ1n) is 7.62. The zero-order valence-electron chi connectivity index (χ0n) is 12.4. The molecule has 2 rings (SSSR count). The molecular weight excluding hydrogens is 234 g/mol. The van der Waals surface area contributed by atoms with Gasteiger partial charge in [-0.3, -0.25) is 4.98 Å². The van der Waals surface area contributed by atoms with Crippen LogP contribution >= 0.6 is 0 Å². The van der Waals surface area contributed by atoms with Crippen molar-refractivity contribution in [3.05, 3.63) is 30.1 Å². The Labute approximate surface area is 117 Å². The third kappa shape index (κ3) is 4.92. The molecule has 1 aliphatic heterocycles. The average Bonchev–Trinajstić information content (AvgIpc) is 2.38. The molecule has 0 spiro atoms. The molecule has 3 heteroatoms. The quantitative estimate of drug-likeness (QED) is 0.830. The number of aromatic nitrogens is 1. The van der Waals surface area contributed by atoms with Crippen molar-refractivity contribution < 1.29 is 0 Å². The van der Waals surface area contributed by atoms with Crippen LogP contribution in [0.3, 0.4) is 0 Å². The van der Waals surface area contributed by atoms with Crippen molar-refractivity contribution in [1.29, 1.82) is 0 Å². The van der Waals surface area contributed by atoms with Crippen LogP contribution in [-0.2, 0) is 6.42 Å². The standard InChI is InChI=1S/C16H27N3/c1-15(2)19-12-5-10-18(11-6-13-19)14-8-16-7-3-4-9-17-16/h3-4,7,9,15H,5-6,8,10-14H2,1-2H3. The van der Waals surface area contributed by atoms with Crippen molar-refractivity contribution in [2.45, 2.75) is 39.2 Å². The van der Waals surface area contributed by atoms with Gasteiger partial charge < -0.3 is 9.80 Å². The van der Waals surface area contributed by atoms with E-state index in [1.54, 1.807) is 0 Å². The molecule has 0 atom stereocenters. The maximum Gasteiger partial charge on any atom is 0.0416 e. The Morgan fingerprint density at radius 3 is 2.42 bits per heavy atom. The summed E-state index contributed by atoms with van der Waals surface area (Å²) in [6.07, 6.45) is 5.55. The van der Waals surface area contributed by atoms with E-state index in [0.29, 0.717) is 6.04 Å². The fourth-order valence-electron chi connectivity index (χ4n) is 2.78. The highest BCUT2D eigenvalue weighted by molar-refractivity contribution is 5.03. The van der Waals surface area contributed by atoms with Gasteiger partial charge >= 0.3 is 0 Å². The monoisotopic (exact) mass is 261 g/mol. The summed E-state index contributed by atoms with van der Waals surface area (Å²) in [6.45, 7) is 10.7. The van der Waals surface area contributed by atoms with Gasteiger partial charge in [0.25, 0.3) is 0 Å². The molecule has 0 N–H and O–H groups in total. The van der Waals surface area contributed by atoms with Crippen molar-refractivity contribution in [3.63, 3.8) is 0 Å². The smallest absolute Gasteiger partial charge is 0.0416 e. The van der Waals surface area contributed by atoms with Gasteiger partial charge in [-0.05, 0) is 65.0 Å². The van der Waals surface area contributed by atoms with E-state index in [2.05, 4.69) is 40.8 Å². The number of hydrogen-bond donors (Lipinski definition) is 0. The minimum Gasteiger partial charge on any atom is -0.303 e. The molecule has 0 unspecified atom stereocenters. The van der Waals surface area contributed by atoms with E-state index in [1.165, 1.54) is 44.7 Å². The second-order valence-electron chi connectivity index (χ2n) is 5.75. The van der Waals surface area contributed by atoms with Crippen LogP contribution in [0.15, 0.2) is 24.4 Å². The number of rotatable bonds is 4. The fourth-order valence-corrected chi connectivity index (χ4v) is 2.78. The minimum atomic E-state index is 0.695. The molecule has 0 radical (unpaired) electrons. The van der Waals surface area contributed by atoms with E-state index in [1.807, 2.05) is 12.3 Å². The van der Waals surface area contributed by atoms with Crippen LogP contribution < -0.4 is 0 Å². The molecule has 1 saturated heterocycles. The van der Waals surface area contributed by atoms with Crippen LogP contribution in [0.2, 0.25) is 0 Å². The maximum absolute atomic E-state index is 4.41. The van der Waals surface area contributed by atoms with Gasteiger partial charge in [0.15, 0.2) is 0 Å². The van der Waals surface area contributed by atoms with Gasteiger partial charge in [0.1, 0.15) is 0 Å². The Balaban J connectivity index is 1.74. The number of pyridine rings is 1. The SMILES string of the molecule is CC(C)N1CCCN(CCc2ccccn2)CCC1. The highest BCUT2D eigenvalue weighted by atomic mass is 15.2. The summed E-state index contributed by atoms with van der Waals surface area (Å²) < 4.78 is 0. The van der Waals surface area contributed by atoms with Gasteiger partial charge in [-0.2, -0.15) is 0 Å². The van der Waals surface area contributed by atoms with Gasteiger partial charge in [-0.1, -0.05) is 6.07 Å². The van der Waals surface area contributed by atoms with Crippen LogP contribution in [-0.4, -0.2) is 53.5 Å². The second kappa shape index (κ2) is 7.61. The Morgan fingerprint density at radius 2 is 1.84 bits per heavy atom. The summed E-state index contributed by atoms with van der Waals surface area (Å²) in [7, 11) is 0. The molecule has 0 saturated carbocycles. The molecule has 2 heterocycles. The van der Waals surface area contributed by atoms with E-state index in [0.717, 1.165) is 13.0 Å². The molecule has 0 amide bonds. The maximum atomic E-state index is 4.41. The van der Waals surface area contributed by atoms with E-state index < -0.39 is 0 Å². The van der Waals surface area contributed by atoms with Crippen LogP contribution in [0, 0.1) is 0 Å². The van der Waals surface area contributed by atoms with Crippen molar-refractivity contribution in [1.82, 2.24) is 14.8 Å². The molecule has 1 aliphatic rings. The van der Waals surface area contributed by atoms with Gasteiger partial charge in [-0.15, -0.1) is 0 Å². The zero-order chi connectivity index (χ0) is 13.5. The molecule has 1 fully saturated rings. The first-order valence-corrected chi connectivity index (χ1v) is 7.62. The molecule has 0 bridgehead atoms. The fraction of sp³-hybridized carbons (Fsp3) is 0.688. The molecule has 0 aromatic carbocycles. The molecule has 1 aromatic rings. The summed E-state index contributed by atoms with van der Waals surface area (Å²) in [5.41, 5.74) is 1.22. The topological polar surface area (TPSA) is 19.4 Å². The lowest BCUT2D eigenvalue weighted by atomic mass is 10.2.